The van der Waals surface area contributed by atoms with E-state index in [1.54, 1.807) is 13.2 Å². The fraction of sp³-hybridized carbons (Fsp3) is 0.350. The van der Waals surface area contributed by atoms with E-state index in [1.807, 2.05) is 32.0 Å². The number of amides is 2. The predicted molar refractivity (Wildman–Crippen MR) is 102 cm³/mol. The molecule has 26 heavy (non-hydrogen) atoms. The molecule has 2 rings (SSSR count). The lowest BCUT2D eigenvalue weighted by atomic mass is 10.1. The van der Waals surface area contributed by atoms with E-state index in [0.717, 1.165) is 29.7 Å². The van der Waals surface area contributed by atoms with Crippen molar-refractivity contribution in [1.29, 1.82) is 0 Å². The van der Waals surface area contributed by atoms with Crippen LogP contribution in [0, 0.1) is 6.92 Å². The van der Waals surface area contributed by atoms with Crippen molar-refractivity contribution >= 4 is 17.5 Å². The standard InChI is InChI=1S/C20H25N3O3/c1-4-15-8-5-7-14(2)18(15)23-19(24)16-9-11-21-17(13-16)20(25)22-10-6-12-26-3/h5,7-9,11,13H,4,6,10,12H2,1-3H3,(H,22,25)(H,23,24). The number of benzene rings is 1. The van der Waals surface area contributed by atoms with E-state index in [0.29, 0.717) is 18.7 Å². The zero-order chi connectivity index (χ0) is 18.9. The number of aryl methyl sites for hydroxylation is 2. The van der Waals surface area contributed by atoms with Crippen LogP contribution < -0.4 is 10.6 Å². The van der Waals surface area contributed by atoms with Crippen LogP contribution in [-0.4, -0.2) is 37.1 Å². The number of aromatic nitrogens is 1. The lowest BCUT2D eigenvalue weighted by molar-refractivity contribution is 0.0943. The molecule has 0 aliphatic carbocycles. The fourth-order valence-electron chi connectivity index (χ4n) is 2.59. The molecule has 0 unspecified atom stereocenters. The number of ether oxygens (including phenoxy) is 1. The van der Waals surface area contributed by atoms with Gasteiger partial charge in [-0.2, -0.15) is 0 Å². The number of anilines is 1. The summed E-state index contributed by atoms with van der Waals surface area (Å²) in [5.74, 6) is -0.564. The highest BCUT2D eigenvalue weighted by atomic mass is 16.5. The van der Waals surface area contributed by atoms with Gasteiger partial charge in [0.2, 0.25) is 0 Å². The minimum atomic E-state index is -0.305. The van der Waals surface area contributed by atoms with Crippen molar-refractivity contribution < 1.29 is 14.3 Å². The number of carbonyl (C=O) groups is 2. The molecule has 0 atom stereocenters. The molecule has 0 radical (unpaired) electrons. The smallest absolute Gasteiger partial charge is 0.269 e. The highest BCUT2D eigenvalue weighted by Crippen LogP contribution is 2.21. The molecule has 0 aliphatic heterocycles. The van der Waals surface area contributed by atoms with Crippen molar-refractivity contribution in [1.82, 2.24) is 10.3 Å². The Balaban J connectivity index is 2.10. The minimum Gasteiger partial charge on any atom is -0.385 e. The van der Waals surface area contributed by atoms with E-state index < -0.39 is 0 Å². The van der Waals surface area contributed by atoms with Gasteiger partial charge in [-0.15, -0.1) is 0 Å². The normalized spacial score (nSPS) is 10.4. The summed E-state index contributed by atoms with van der Waals surface area (Å²) in [5.41, 5.74) is 3.51. The van der Waals surface area contributed by atoms with Crippen molar-refractivity contribution in [2.45, 2.75) is 26.7 Å². The number of nitrogens with one attached hydrogen (secondary N) is 2. The van der Waals surface area contributed by atoms with Crippen LogP contribution in [0.15, 0.2) is 36.5 Å². The zero-order valence-electron chi connectivity index (χ0n) is 15.5. The average Bonchev–Trinajstić information content (AvgIpc) is 2.66. The van der Waals surface area contributed by atoms with Gasteiger partial charge in [-0.3, -0.25) is 14.6 Å². The van der Waals surface area contributed by atoms with Crippen molar-refractivity contribution in [3.63, 3.8) is 0 Å². The second-order valence-corrected chi connectivity index (χ2v) is 5.95. The Morgan fingerprint density at radius 1 is 1.19 bits per heavy atom. The van der Waals surface area contributed by atoms with Gasteiger partial charge in [0.1, 0.15) is 5.69 Å². The first-order chi connectivity index (χ1) is 12.6. The maximum atomic E-state index is 12.6. The van der Waals surface area contributed by atoms with E-state index in [2.05, 4.69) is 15.6 Å². The third-order valence-electron chi connectivity index (χ3n) is 4.04. The zero-order valence-corrected chi connectivity index (χ0v) is 15.5. The van der Waals surface area contributed by atoms with E-state index in [4.69, 9.17) is 4.74 Å². The monoisotopic (exact) mass is 355 g/mol. The van der Waals surface area contributed by atoms with Crippen molar-refractivity contribution in [2.24, 2.45) is 0 Å². The molecule has 2 N–H and O–H groups in total. The molecule has 1 aromatic carbocycles. The quantitative estimate of drug-likeness (QED) is 0.714. The van der Waals surface area contributed by atoms with Crippen LogP contribution in [0.25, 0.3) is 0 Å². The maximum Gasteiger partial charge on any atom is 0.269 e. The molecule has 0 spiro atoms. The number of hydrogen-bond acceptors (Lipinski definition) is 4. The van der Waals surface area contributed by atoms with Crippen LogP contribution in [0.4, 0.5) is 5.69 Å². The number of nitrogens with zero attached hydrogens (tertiary/aromatic N) is 1. The number of methoxy groups -OCH3 is 1. The van der Waals surface area contributed by atoms with Gasteiger partial charge >= 0.3 is 0 Å². The SMILES string of the molecule is CCc1cccc(C)c1NC(=O)c1ccnc(C(=O)NCCCOC)c1. The highest BCUT2D eigenvalue weighted by Gasteiger charge is 2.14. The van der Waals surface area contributed by atoms with Gasteiger partial charge in [-0.05, 0) is 43.0 Å². The third kappa shape index (κ3) is 5.13. The fourth-order valence-corrected chi connectivity index (χ4v) is 2.59. The molecule has 6 heteroatoms. The molecule has 0 saturated carbocycles. The van der Waals surface area contributed by atoms with Crippen molar-refractivity contribution in [3.8, 4) is 0 Å². The van der Waals surface area contributed by atoms with Crippen LogP contribution in [0.2, 0.25) is 0 Å². The van der Waals surface area contributed by atoms with Crippen LogP contribution in [0.5, 0.6) is 0 Å². The molecule has 1 aromatic heterocycles. The number of para-hydroxylation sites is 1. The Morgan fingerprint density at radius 2 is 2.00 bits per heavy atom. The molecule has 2 aromatic rings. The first-order valence-electron chi connectivity index (χ1n) is 8.69. The first-order valence-corrected chi connectivity index (χ1v) is 8.69. The Bertz CT molecular complexity index is 775. The number of hydrogen-bond donors (Lipinski definition) is 2. The number of carbonyl (C=O) groups excluding carboxylic acids is 2. The van der Waals surface area contributed by atoms with Crippen LogP contribution >= 0.6 is 0 Å². The summed E-state index contributed by atoms with van der Waals surface area (Å²) < 4.78 is 4.95. The van der Waals surface area contributed by atoms with Crippen LogP contribution in [0.3, 0.4) is 0 Å². The molecule has 138 valence electrons. The summed E-state index contributed by atoms with van der Waals surface area (Å²) in [6, 6.07) is 9.03. The van der Waals surface area contributed by atoms with Crippen molar-refractivity contribution in [2.75, 3.05) is 25.6 Å². The van der Waals surface area contributed by atoms with E-state index in [-0.39, 0.29) is 17.5 Å². The molecule has 0 saturated heterocycles. The molecule has 0 bridgehead atoms. The molecule has 6 nitrogen and oxygen atoms in total. The largest absolute Gasteiger partial charge is 0.385 e. The summed E-state index contributed by atoms with van der Waals surface area (Å²) in [6.07, 6.45) is 3.01. The minimum absolute atomic E-state index is 0.218. The summed E-state index contributed by atoms with van der Waals surface area (Å²) in [6.45, 7) is 5.07. The number of rotatable bonds is 8. The summed E-state index contributed by atoms with van der Waals surface area (Å²) >= 11 is 0. The lowest BCUT2D eigenvalue weighted by Gasteiger charge is -2.13. The topological polar surface area (TPSA) is 80.3 Å². The Kier molecular flexibility index (Phi) is 7.29. The molecule has 2 amide bonds. The Morgan fingerprint density at radius 3 is 2.73 bits per heavy atom. The van der Waals surface area contributed by atoms with Gasteiger partial charge in [-0.1, -0.05) is 25.1 Å². The molecular weight excluding hydrogens is 330 g/mol. The van der Waals surface area contributed by atoms with Gasteiger partial charge in [-0.25, -0.2) is 0 Å². The molecular formula is C20H25N3O3. The Labute approximate surface area is 154 Å². The van der Waals surface area contributed by atoms with Gasteiger partial charge in [0.15, 0.2) is 0 Å². The summed E-state index contributed by atoms with van der Waals surface area (Å²) in [7, 11) is 1.61. The number of pyridine rings is 1. The van der Waals surface area contributed by atoms with Gasteiger partial charge in [0.25, 0.3) is 11.8 Å². The molecule has 0 fully saturated rings. The maximum absolute atomic E-state index is 12.6. The first kappa shape index (κ1) is 19.6. The third-order valence-corrected chi connectivity index (χ3v) is 4.04. The Hall–Kier alpha value is -2.73. The lowest BCUT2D eigenvalue weighted by Crippen LogP contribution is -2.26. The van der Waals surface area contributed by atoms with Crippen LogP contribution in [0.1, 0.15) is 45.3 Å². The molecule has 0 aliphatic rings. The van der Waals surface area contributed by atoms with Crippen LogP contribution in [-0.2, 0) is 11.2 Å². The predicted octanol–water partition coefficient (Wildman–Crippen LogP) is 2.97. The second-order valence-electron chi connectivity index (χ2n) is 5.95. The van der Waals surface area contributed by atoms with Gasteiger partial charge in [0, 0.05) is 37.7 Å². The highest BCUT2D eigenvalue weighted by molar-refractivity contribution is 6.06. The summed E-state index contributed by atoms with van der Waals surface area (Å²) in [5, 5.41) is 5.72. The molecule has 1 heterocycles. The van der Waals surface area contributed by atoms with E-state index >= 15 is 0 Å². The van der Waals surface area contributed by atoms with Crippen molar-refractivity contribution in [3.05, 3.63) is 58.9 Å². The average molecular weight is 355 g/mol. The summed E-state index contributed by atoms with van der Waals surface area (Å²) in [4.78, 5) is 28.8. The second kappa shape index (κ2) is 9.68. The van der Waals surface area contributed by atoms with Gasteiger partial charge in [0.05, 0.1) is 0 Å². The van der Waals surface area contributed by atoms with E-state index in [9.17, 15) is 9.59 Å². The van der Waals surface area contributed by atoms with Gasteiger partial charge < -0.3 is 15.4 Å². The van der Waals surface area contributed by atoms with E-state index in [1.165, 1.54) is 12.3 Å².